The minimum Gasteiger partial charge on any atom is -0.358 e. The van der Waals surface area contributed by atoms with Gasteiger partial charge < -0.3 is 4.98 Å². The van der Waals surface area contributed by atoms with Crippen molar-refractivity contribution in [2.45, 2.75) is 17.6 Å². The molecule has 26 heavy (non-hydrogen) atoms. The van der Waals surface area contributed by atoms with Gasteiger partial charge in [-0.3, -0.25) is 9.40 Å². The molecule has 0 aliphatic carbocycles. The summed E-state index contributed by atoms with van der Waals surface area (Å²) in [7, 11) is -4.20. The molecular formula is C14H9ClF3N5O2S. The molecule has 2 heterocycles. The topological polar surface area (TPSA) is 104 Å². The van der Waals surface area contributed by atoms with Gasteiger partial charge in [-0.25, -0.2) is 8.42 Å². The number of nitrogens with one attached hydrogen (secondary N) is 2. The van der Waals surface area contributed by atoms with Crippen LogP contribution < -0.4 is 4.72 Å². The highest BCUT2D eigenvalue weighted by molar-refractivity contribution is 7.92. The van der Waals surface area contributed by atoms with Gasteiger partial charge in [-0.1, -0.05) is 11.6 Å². The average Bonchev–Trinajstić information content (AvgIpc) is 3.15. The van der Waals surface area contributed by atoms with E-state index in [1.54, 1.807) is 0 Å². The third kappa shape index (κ3) is 3.47. The highest BCUT2D eigenvalue weighted by Gasteiger charge is 2.29. The van der Waals surface area contributed by atoms with Gasteiger partial charge in [-0.15, -0.1) is 0 Å². The fourth-order valence-corrected chi connectivity index (χ4v) is 3.62. The van der Waals surface area contributed by atoms with Crippen LogP contribution >= 0.6 is 11.6 Å². The quantitative estimate of drug-likeness (QED) is 0.697. The highest BCUT2D eigenvalue weighted by Crippen LogP contribution is 2.32. The van der Waals surface area contributed by atoms with Gasteiger partial charge in [0.15, 0.2) is 0 Å². The smallest absolute Gasteiger partial charge is 0.358 e. The van der Waals surface area contributed by atoms with Crippen LogP contribution in [0.5, 0.6) is 0 Å². The molecule has 2 aromatic heterocycles. The summed E-state index contributed by atoms with van der Waals surface area (Å²) in [5, 5.41) is 13.1. The van der Waals surface area contributed by atoms with E-state index >= 15 is 0 Å². The van der Waals surface area contributed by atoms with E-state index in [2.05, 4.69) is 14.8 Å². The van der Waals surface area contributed by atoms with E-state index in [1.807, 2.05) is 6.07 Å². The Kier molecular flexibility index (Phi) is 4.33. The zero-order chi connectivity index (χ0) is 19.1. The third-order valence-electron chi connectivity index (χ3n) is 3.41. The number of rotatable bonds is 4. The fraction of sp³-hybridized carbons (Fsp3) is 0.143. The van der Waals surface area contributed by atoms with Crippen LogP contribution in [0.15, 0.2) is 35.6 Å². The maximum Gasteiger partial charge on any atom is 0.408 e. The van der Waals surface area contributed by atoms with Gasteiger partial charge in [-0.05, 0) is 12.1 Å². The van der Waals surface area contributed by atoms with Gasteiger partial charge in [0.1, 0.15) is 17.5 Å². The monoisotopic (exact) mass is 403 g/mol. The number of H-pyrrole nitrogens is 1. The second kappa shape index (κ2) is 6.22. The third-order valence-corrected chi connectivity index (χ3v) is 5.05. The normalized spacial score (nSPS) is 12.3. The summed E-state index contributed by atoms with van der Waals surface area (Å²) in [5.74, 6) is 0. The van der Waals surface area contributed by atoms with Gasteiger partial charge in [0, 0.05) is 17.8 Å². The summed E-state index contributed by atoms with van der Waals surface area (Å²) in [6.45, 7) is -1.41. The van der Waals surface area contributed by atoms with E-state index in [0.29, 0.717) is 10.1 Å². The van der Waals surface area contributed by atoms with Crippen LogP contribution in [0, 0.1) is 11.3 Å². The Balaban J connectivity index is 1.96. The SMILES string of the molecule is N#Cc1c[nH]c2c(NS(=O)(=O)c3cnn(CC(F)(F)F)c3)ccc(Cl)c12. The lowest BCUT2D eigenvalue weighted by molar-refractivity contribution is -0.142. The Hall–Kier alpha value is -2.71. The molecule has 0 radical (unpaired) electrons. The van der Waals surface area contributed by atoms with E-state index < -0.39 is 27.6 Å². The molecule has 0 aliphatic rings. The number of nitriles is 1. The molecule has 0 spiro atoms. The number of benzene rings is 1. The second-order valence-electron chi connectivity index (χ2n) is 5.25. The number of anilines is 1. The van der Waals surface area contributed by atoms with Gasteiger partial charge in [0.05, 0.1) is 28.0 Å². The lowest BCUT2D eigenvalue weighted by Crippen LogP contribution is -2.18. The summed E-state index contributed by atoms with van der Waals surface area (Å²) in [4.78, 5) is 2.32. The molecule has 0 aliphatic heterocycles. The van der Waals surface area contributed by atoms with Crippen molar-refractivity contribution in [3.8, 4) is 6.07 Å². The van der Waals surface area contributed by atoms with Crippen molar-refractivity contribution < 1.29 is 21.6 Å². The van der Waals surface area contributed by atoms with Crippen LogP contribution in [0.3, 0.4) is 0 Å². The Bertz CT molecular complexity index is 1130. The molecule has 7 nitrogen and oxygen atoms in total. The maximum absolute atomic E-state index is 12.4. The maximum atomic E-state index is 12.4. The largest absolute Gasteiger partial charge is 0.408 e. The van der Waals surface area contributed by atoms with E-state index in [1.165, 1.54) is 18.3 Å². The van der Waals surface area contributed by atoms with Crippen LogP contribution in [-0.4, -0.2) is 29.4 Å². The number of aromatic nitrogens is 3. The number of fused-ring (bicyclic) bond motifs is 1. The molecule has 2 N–H and O–H groups in total. The number of nitrogens with zero attached hydrogens (tertiary/aromatic N) is 3. The molecule has 1 aromatic carbocycles. The standard InChI is InChI=1S/C14H9ClF3N5O2S/c15-10-1-2-11(13-12(10)8(3-19)4-20-13)22-26(24,25)9-5-21-23(6-9)7-14(16,17)18/h1-2,4-6,20,22H,7H2. The van der Waals surface area contributed by atoms with Crippen LogP contribution in [-0.2, 0) is 16.6 Å². The van der Waals surface area contributed by atoms with Crippen molar-refractivity contribution in [2.75, 3.05) is 4.72 Å². The summed E-state index contributed by atoms with van der Waals surface area (Å²) in [5.41, 5.74) is 0.596. The number of aromatic amines is 1. The average molecular weight is 404 g/mol. The zero-order valence-corrected chi connectivity index (χ0v) is 14.2. The predicted octanol–water partition coefficient (Wildman–Crippen LogP) is 3.25. The number of hydrogen-bond donors (Lipinski definition) is 2. The lowest BCUT2D eigenvalue weighted by atomic mass is 10.1. The molecule has 0 bridgehead atoms. The summed E-state index contributed by atoms with van der Waals surface area (Å²) in [6.07, 6.45) is -1.56. The molecule has 0 unspecified atom stereocenters. The Morgan fingerprint density at radius 3 is 2.77 bits per heavy atom. The number of halogens is 4. The number of hydrogen-bond acceptors (Lipinski definition) is 4. The summed E-state index contributed by atoms with van der Waals surface area (Å²) in [6, 6.07) is 4.71. The molecule has 3 aromatic rings. The molecule has 3 rings (SSSR count). The van der Waals surface area contributed by atoms with Crippen molar-refractivity contribution in [2.24, 2.45) is 0 Å². The first kappa shape index (κ1) is 18.1. The number of sulfonamides is 1. The summed E-state index contributed by atoms with van der Waals surface area (Å²) >= 11 is 6.04. The first-order valence-electron chi connectivity index (χ1n) is 6.92. The van der Waals surface area contributed by atoms with Gasteiger partial charge in [0.2, 0.25) is 0 Å². The highest BCUT2D eigenvalue weighted by atomic mass is 35.5. The zero-order valence-electron chi connectivity index (χ0n) is 12.7. The molecular weight excluding hydrogens is 395 g/mol. The van der Waals surface area contributed by atoms with Crippen LogP contribution in [0.4, 0.5) is 18.9 Å². The first-order chi connectivity index (χ1) is 12.1. The van der Waals surface area contributed by atoms with Crippen molar-refractivity contribution in [1.82, 2.24) is 14.8 Å². The van der Waals surface area contributed by atoms with Gasteiger partial charge >= 0.3 is 6.18 Å². The van der Waals surface area contributed by atoms with Crippen molar-refractivity contribution in [3.63, 3.8) is 0 Å². The molecule has 0 fully saturated rings. The minimum absolute atomic E-state index is 0.0921. The Morgan fingerprint density at radius 2 is 2.12 bits per heavy atom. The van der Waals surface area contributed by atoms with Crippen LogP contribution in [0.25, 0.3) is 10.9 Å². The van der Waals surface area contributed by atoms with E-state index in [-0.39, 0.29) is 21.8 Å². The first-order valence-corrected chi connectivity index (χ1v) is 8.78. The summed E-state index contributed by atoms with van der Waals surface area (Å²) < 4.78 is 64.7. The van der Waals surface area contributed by atoms with Crippen molar-refractivity contribution in [3.05, 3.63) is 41.3 Å². The van der Waals surface area contributed by atoms with Crippen molar-refractivity contribution in [1.29, 1.82) is 5.26 Å². The molecule has 0 amide bonds. The van der Waals surface area contributed by atoms with E-state index in [4.69, 9.17) is 16.9 Å². The van der Waals surface area contributed by atoms with Gasteiger partial charge in [-0.2, -0.15) is 23.5 Å². The van der Waals surface area contributed by atoms with Crippen molar-refractivity contribution >= 4 is 38.2 Å². The molecule has 136 valence electrons. The second-order valence-corrected chi connectivity index (χ2v) is 7.34. The van der Waals surface area contributed by atoms with Crippen LogP contribution in [0.2, 0.25) is 5.02 Å². The molecule has 12 heteroatoms. The fourth-order valence-electron chi connectivity index (χ4n) is 2.34. The molecule has 0 atom stereocenters. The Morgan fingerprint density at radius 1 is 1.38 bits per heavy atom. The number of alkyl halides is 3. The van der Waals surface area contributed by atoms with Gasteiger partial charge in [0.25, 0.3) is 10.0 Å². The van der Waals surface area contributed by atoms with E-state index in [9.17, 15) is 21.6 Å². The van der Waals surface area contributed by atoms with E-state index in [0.717, 1.165) is 12.4 Å². The lowest BCUT2D eigenvalue weighted by Gasteiger charge is -2.08. The predicted molar refractivity (Wildman–Crippen MR) is 87.1 cm³/mol. The molecule has 0 saturated heterocycles. The molecule has 0 saturated carbocycles. The van der Waals surface area contributed by atoms with Crippen LogP contribution in [0.1, 0.15) is 5.56 Å². The Labute approximate surface area is 150 Å². The minimum atomic E-state index is -4.53.